The lowest BCUT2D eigenvalue weighted by Gasteiger charge is -2.24. The molecule has 0 spiro atoms. The van der Waals surface area contributed by atoms with E-state index in [0.717, 1.165) is 45.2 Å². The molecule has 0 aromatic rings. The van der Waals surface area contributed by atoms with Gasteiger partial charge in [-0.1, -0.05) is 50.5 Å². The molecular weight excluding hydrogens is 258 g/mol. The topological polar surface area (TPSA) is 20.3 Å². The van der Waals surface area contributed by atoms with Gasteiger partial charge in [-0.25, -0.2) is 0 Å². The molecule has 0 radical (unpaired) electrons. The van der Waals surface area contributed by atoms with Gasteiger partial charge in [0.1, 0.15) is 0 Å². The number of amides is 1. The normalized spacial score (nSPS) is 13.0. The van der Waals surface area contributed by atoms with Crippen LogP contribution in [0.1, 0.15) is 73.6 Å². The first kappa shape index (κ1) is 19.9. The monoisotopic (exact) mass is 293 g/mol. The van der Waals surface area contributed by atoms with Crippen LogP contribution in [0, 0.1) is 5.92 Å². The molecule has 0 aromatic carbocycles. The number of unbranched alkanes of at least 4 members (excludes halogenated alkanes) is 1. The summed E-state index contributed by atoms with van der Waals surface area (Å²) in [5.41, 5.74) is 2.75. The molecule has 1 amide bonds. The Morgan fingerprint density at radius 1 is 1.14 bits per heavy atom. The van der Waals surface area contributed by atoms with E-state index < -0.39 is 0 Å². The van der Waals surface area contributed by atoms with Crippen LogP contribution in [0.5, 0.6) is 0 Å². The third-order valence-electron chi connectivity index (χ3n) is 3.88. The summed E-state index contributed by atoms with van der Waals surface area (Å²) in [4.78, 5) is 14.4. The van der Waals surface area contributed by atoms with Gasteiger partial charge in [-0.05, 0) is 46.5 Å². The molecule has 0 heterocycles. The fraction of sp³-hybridized carbons (Fsp3) is 0.737. The zero-order valence-electron chi connectivity index (χ0n) is 15.0. The van der Waals surface area contributed by atoms with E-state index >= 15 is 0 Å². The van der Waals surface area contributed by atoms with Crippen molar-refractivity contribution in [3.63, 3.8) is 0 Å². The standard InChI is InChI=1S/C19H35NO/c1-7-9-14-20(19(21)18(6)8-2)15-13-17(5)12-10-11-16(3)4/h11,13,18H,7-10,12,14-15H2,1-6H3. The van der Waals surface area contributed by atoms with E-state index in [2.05, 4.69) is 46.8 Å². The second kappa shape index (κ2) is 11.6. The van der Waals surface area contributed by atoms with Crippen LogP contribution in [0.25, 0.3) is 0 Å². The maximum Gasteiger partial charge on any atom is 0.225 e. The van der Waals surface area contributed by atoms with Gasteiger partial charge < -0.3 is 4.90 Å². The molecule has 2 heteroatoms. The van der Waals surface area contributed by atoms with E-state index in [1.54, 1.807) is 0 Å². The van der Waals surface area contributed by atoms with E-state index in [9.17, 15) is 4.79 Å². The fourth-order valence-electron chi connectivity index (χ4n) is 2.08. The summed E-state index contributed by atoms with van der Waals surface area (Å²) < 4.78 is 0. The highest BCUT2D eigenvalue weighted by molar-refractivity contribution is 5.78. The summed E-state index contributed by atoms with van der Waals surface area (Å²) in [5, 5.41) is 0. The smallest absolute Gasteiger partial charge is 0.225 e. The Hall–Kier alpha value is -1.05. The summed E-state index contributed by atoms with van der Waals surface area (Å²) in [6, 6.07) is 0. The van der Waals surface area contributed by atoms with Crippen LogP contribution in [-0.4, -0.2) is 23.9 Å². The first-order valence-corrected chi connectivity index (χ1v) is 8.50. The largest absolute Gasteiger partial charge is 0.339 e. The predicted molar refractivity (Wildman–Crippen MR) is 93.4 cm³/mol. The van der Waals surface area contributed by atoms with Crippen LogP contribution >= 0.6 is 0 Å². The number of hydrogen-bond acceptors (Lipinski definition) is 1. The first-order valence-electron chi connectivity index (χ1n) is 8.50. The first-order chi connectivity index (χ1) is 9.92. The van der Waals surface area contributed by atoms with Gasteiger partial charge in [0.15, 0.2) is 0 Å². The molecule has 0 aliphatic heterocycles. The molecule has 1 unspecified atom stereocenters. The molecule has 0 aromatic heterocycles. The maximum atomic E-state index is 12.4. The molecule has 0 fully saturated rings. The molecule has 0 saturated heterocycles. The van der Waals surface area contributed by atoms with Crippen molar-refractivity contribution >= 4 is 5.91 Å². The number of carbonyl (C=O) groups is 1. The van der Waals surface area contributed by atoms with Crippen molar-refractivity contribution in [3.8, 4) is 0 Å². The van der Waals surface area contributed by atoms with E-state index in [0.29, 0.717) is 5.91 Å². The number of nitrogens with zero attached hydrogens (tertiary/aromatic N) is 1. The van der Waals surface area contributed by atoms with Gasteiger partial charge in [-0.2, -0.15) is 0 Å². The van der Waals surface area contributed by atoms with Gasteiger partial charge >= 0.3 is 0 Å². The second-order valence-corrected chi connectivity index (χ2v) is 6.32. The van der Waals surface area contributed by atoms with Crippen LogP contribution in [-0.2, 0) is 4.79 Å². The lowest BCUT2D eigenvalue weighted by atomic mass is 10.1. The number of hydrogen-bond donors (Lipinski definition) is 0. The zero-order valence-corrected chi connectivity index (χ0v) is 15.0. The molecule has 1 atom stereocenters. The predicted octanol–water partition coefficient (Wildman–Crippen LogP) is 5.35. The highest BCUT2D eigenvalue weighted by atomic mass is 16.2. The lowest BCUT2D eigenvalue weighted by Crippen LogP contribution is -2.36. The fourth-order valence-corrected chi connectivity index (χ4v) is 2.08. The van der Waals surface area contributed by atoms with Crippen molar-refractivity contribution in [2.45, 2.75) is 73.6 Å². The molecule has 21 heavy (non-hydrogen) atoms. The Labute approximate surface area is 132 Å². The van der Waals surface area contributed by atoms with Crippen molar-refractivity contribution in [2.24, 2.45) is 5.92 Å². The lowest BCUT2D eigenvalue weighted by molar-refractivity contribution is -0.134. The Bertz CT molecular complexity index is 351. The second-order valence-electron chi connectivity index (χ2n) is 6.32. The minimum atomic E-state index is 0.140. The number of carbonyl (C=O) groups excluding carboxylic acids is 1. The summed E-state index contributed by atoms with van der Waals surface area (Å²) in [6.07, 6.45) is 9.83. The van der Waals surface area contributed by atoms with E-state index in [1.165, 1.54) is 11.1 Å². The highest BCUT2D eigenvalue weighted by Crippen LogP contribution is 2.11. The summed E-state index contributed by atoms with van der Waals surface area (Å²) >= 11 is 0. The SMILES string of the molecule is CCCCN(CC=C(C)CCC=C(C)C)C(=O)C(C)CC. The van der Waals surface area contributed by atoms with Gasteiger partial charge in [0.25, 0.3) is 0 Å². The van der Waals surface area contributed by atoms with Crippen molar-refractivity contribution in [1.82, 2.24) is 4.90 Å². The summed E-state index contributed by atoms with van der Waals surface area (Å²) in [6.45, 7) is 14.4. The van der Waals surface area contributed by atoms with E-state index in [-0.39, 0.29) is 5.92 Å². The maximum absolute atomic E-state index is 12.4. The van der Waals surface area contributed by atoms with Crippen molar-refractivity contribution in [1.29, 1.82) is 0 Å². The molecule has 2 nitrogen and oxygen atoms in total. The van der Waals surface area contributed by atoms with Crippen molar-refractivity contribution in [2.75, 3.05) is 13.1 Å². The number of allylic oxidation sites excluding steroid dienone is 3. The minimum Gasteiger partial charge on any atom is -0.339 e. The van der Waals surface area contributed by atoms with Crippen molar-refractivity contribution in [3.05, 3.63) is 23.3 Å². The third-order valence-corrected chi connectivity index (χ3v) is 3.88. The summed E-state index contributed by atoms with van der Waals surface area (Å²) in [7, 11) is 0. The van der Waals surface area contributed by atoms with E-state index in [4.69, 9.17) is 0 Å². The van der Waals surface area contributed by atoms with Crippen LogP contribution in [0.2, 0.25) is 0 Å². The molecule has 0 aliphatic carbocycles. The van der Waals surface area contributed by atoms with Crippen LogP contribution in [0.15, 0.2) is 23.3 Å². The molecule has 0 saturated carbocycles. The Balaban J connectivity index is 4.51. The average Bonchev–Trinajstić information content (AvgIpc) is 2.45. The van der Waals surface area contributed by atoms with Gasteiger partial charge in [-0.15, -0.1) is 0 Å². The van der Waals surface area contributed by atoms with E-state index in [1.807, 2.05) is 11.8 Å². The molecule has 0 aliphatic rings. The molecule has 0 rings (SSSR count). The molecule has 0 bridgehead atoms. The quantitative estimate of drug-likeness (QED) is 0.497. The Kier molecular flexibility index (Phi) is 11.0. The molecule has 0 N–H and O–H groups in total. The molecular formula is C19H35NO. The van der Waals surface area contributed by atoms with Gasteiger partial charge in [0.2, 0.25) is 5.91 Å². The third kappa shape index (κ3) is 9.49. The van der Waals surface area contributed by atoms with Gasteiger partial charge in [-0.3, -0.25) is 4.79 Å². The molecule has 122 valence electrons. The Morgan fingerprint density at radius 2 is 1.81 bits per heavy atom. The van der Waals surface area contributed by atoms with Crippen LogP contribution < -0.4 is 0 Å². The van der Waals surface area contributed by atoms with Crippen LogP contribution in [0.3, 0.4) is 0 Å². The van der Waals surface area contributed by atoms with Gasteiger partial charge in [0.05, 0.1) is 0 Å². The zero-order chi connectivity index (χ0) is 16.3. The highest BCUT2D eigenvalue weighted by Gasteiger charge is 2.17. The Morgan fingerprint density at radius 3 is 2.33 bits per heavy atom. The minimum absolute atomic E-state index is 0.140. The summed E-state index contributed by atoms with van der Waals surface area (Å²) in [5.74, 6) is 0.445. The number of rotatable bonds is 10. The average molecular weight is 293 g/mol. The van der Waals surface area contributed by atoms with Crippen molar-refractivity contribution < 1.29 is 4.79 Å². The van der Waals surface area contributed by atoms with Crippen LogP contribution in [0.4, 0.5) is 0 Å². The van der Waals surface area contributed by atoms with Gasteiger partial charge in [0, 0.05) is 19.0 Å².